The summed E-state index contributed by atoms with van der Waals surface area (Å²) in [5.74, 6) is 0. The van der Waals surface area contributed by atoms with Gasteiger partial charge in [0.05, 0.1) is 5.02 Å². The van der Waals surface area contributed by atoms with Crippen molar-refractivity contribution in [3.8, 4) is 0 Å². The summed E-state index contributed by atoms with van der Waals surface area (Å²) in [5, 5.41) is 8.90. The number of rotatable bonds is 3. The number of aryl methyl sites for hydroxylation is 1. The third-order valence-electron chi connectivity index (χ3n) is 5.39. The zero-order valence-electron chi connectivity index (χ0n) is 15.1. The molecule has 0 saturated carbocycles. The van der Waals surface area contributed by atoms with Gasteiger partial charge in [-0.25, -0.2) is 13.0 Å². The Morgan fingerprint density at radius 1 is 1.14 bits per heavy atom. The quantitative estimate of drug-likeness (QED) is 0.509. The van der Waals surface area contributed by atoms with E-state index in [0.717, 1.165) is 23.0 Å². The minimum atomic E-state index is -3.78. The van der Waals surface area contributed by atoms with Crippen molar-refractivity contribution in [1.29, 1.82) is 0 Å². The van der Waals surface area contributed by atoms with Gasteiger partial charge in [0.1, 0.15) is 4.90 Å². The third-order valence-corrected chi connectivity index (χ3v) is 7.57. The second kappa shape index (κ2) is 6.30. The summed E-state index contributed by atoms with van der Waals surface area (Å²) in [6.07, 6.45) is 0.658. The fourth-order valence-corrected chi connectivity index (χ4v) is 5.82. The maximum absolute atomic E-state index is 13.4. The summed E-state index contributed by atoms with van der Waals surface area (Å²) in [6.45, 7) is 3.69. The Bertz CT molecular complexity index is 1330. The van der Waals surface area contributed by atoms with Crippen LogP contribution in [0.2, 0.25) is 5.02 Å². The Morgan fingerprint density at radius 3 is 2.75 bits per heavy atom. The van der Waals surface area contributed by atoms with Gasteiger partial charge in [0.25, 0.3) is 0 Å². The molecule has 0 bridgehead atoms. The number of aromatic nitrogens is 3. The zero-order valence-corrected chi connectivity index (χ0v) is 16.7. The molecule has 7 nitrogen and oxygen atoms in total. The van der Waals surface area contributed by atoms with Gasteiger partial charge in [0.2, 0.25) is 10.0 Å². The Balaban J connectivity index is 1.63. The molecule has 4 aromatic rings. The van der Waals surface area contributed by atoms with Gasteiger partial charge in [-0.05, 0) is 41.0 Å². The van der Waals surface area contributed by atoms with E-state index in [1.54, 1.807) is 0 Å². The lowest BCUT2D eigenvalue weighted by molar-refractivity contribution is 0.315. The molecule has 5 rings (SSSR count). The van der Waals surface area contributed by atoms with Gasteiger partial charge < -0.3 is 4.57 Å². The van der Waals surface area contributed by atoms with E-state index >= 15 is 0 Å². The van der Waals surface area contributed by atoms with Crippen molar-refractivity contribution in [3.63, 3.8) is 0 Å². The van der Waals surface area contributed by atoms with Crippen molar-refractivity contribution >= 4 is 43.6 Å². The van der Waals surface area contributed by atoms with E-state index in [0.29, 0.717) is 24.5 Å². The highest BCUT2D eigenvalue weighted by Gasteiger charge is 2.33. The highest BCUT2D eigenvalue weighted by atomic mass is 35.5. The predicted octanol–water partition coefficient (Wildman–Crippen LogP) is 3.60. The van der Waals surface area contributed by atoms with Crippen LogP contribution in [0.15, 0.2) is 45.9 Å². The SMILES string of the molecule is CCn1c2c(c3ccccc31)CN(S(=O)(=O)c1ccc(Cl)c3nonc13)CC2. The molecule has 0 unspecified atom stereocenters. The van der Waals surface area contributed by atoms with E-state index in [1.807, 2.05) is 12.1 Å². The lowest BCUT2D eigenvalue weighted by Gasteiger charge is -2.27. The number of sulfonamides is 1. The molecular formula is C19H17ClN4O3S. The maximum Gasteiger partial charge on any atom is 0.245 e. The summed E-state index contributed by atoms with van der Waals surface area (Å²) in [7, 11) is -3.78. The highest BCUT2D eigenvalue weighted by molar-refractivity contribution is 7.89. The number of para-hydroxylation sites is 1. The van der Waals surface area contributed by atoms with Crippen LogP contribution >= 0.6 is 11.6 Å². The predicted molar refractivity (Wildman–Crippen MR) is 106 cm³/mol. The molecule has 144 valence electrons. The van der Waals surface area contributed by atoms with Gasteiger partial charge in [0, 0.05) is 42.7 Å². The van der Waals surface area contributed by atoms with Crippen LogP contribution in [-0.2, 0) is 29.5 Å². The second-order valence-electron chi connectivity index (χ2n) is 6.78. The normalized spacial score (nSPS) is 15.4. The van der Waals surface area contributed by atoms with Gasteiger partial charge in [-0.2, -0.15) is 4.31 Å². The largest absolute Gasteiger partial charge is 0.344 e. The van der Waals surface area contributed by atoms with Crippen LogP contribution in [0.25, 0.3) is 21.9 Å². The fraction of sp³-hybridized carbons (Fsp3) is 0.263. The smallest absolute Gasteiger partial charge is 0.245 e. The molecule has 2 aromatic heterocycles. The molecule has 0 aliphatic carbocycles. The molecule has 0 N–H and O–H groups in total. The first-order valence-corrected chi connectivity index (χ1v) is 10.8. The number of halogens is 1. The lowest BCUT2D eigenvalue weighted by atomic mass is 10.1. The third kappa shape index (κ3) is 2.41. The minimum absolute atomic E-state index is 0.0656. The van der Waals surface area contributed by atoms with Gasteiger partial charge in [0.15, 0.2) is 11.0 Å². The first-order valence-electron chi connectivity index (χ1n) is 9.02. The average molecular weight is 417 g/mol. The van der Waals surface area contributed by atoms with Crippen LogP contribution < -0.4 is 0 Å². The molecule has 0 spiro atoms. The van der Waals surface area contributed by atoms with Gasteiger partial charge in [-0.15, -0.1) is 0 Å². The first-order chi connectivity index (χ1) is 13.5. The molecule has 9 heteroatoms. The van der Waals surface area contributed by atoms with E-state index in [-0.39, 0.29) is 15.9 Å². The monoisotopic (exact) mass is 416 g/mol. The molecule has 0 fully saturated rings. The van der Waals surface area contributed by atoms with Gasteiger partial charge in [-0.3, -0.25) is 0 Å². The molecule has 0 atom stereocenters. The number of fused-ring (bicyclic) bond motifs is 4. The number of hydrogen-bond acceptors (Lipinski definition) is 5. The van der Waals surface area contributed by atoms with Crippen LogP contribution in [0.5, 0.6) is 0 Å². The molecule has 0 amide bonds. The van der Waals surface area contributed by atoms with Crippen LogP contribution in [-0.4, -0.2) is 34.1 Å². The number of benzene rings is 2. The zero-order chi connectivity index (χ0) is 19.5. The average Bonchev–Trinajstić information content (AvgIpc) is 3.31. The summed E-state index contributed by atoms with van der Waals surface area (Å²) in [6, 6.07) is 11.1. The van der Waals surface area contributed by atoms with E-state index in [1.165, 1.54) is 22.1 Å². The number of nitrogens with zero attached hydrogens (tertiary/aromatic N) is 4. The van der Waals surface area contributed by atoms with Crippen molar-refractivity contribution in [2.45, 2.75) is 31.3 Å². The van der Waals surface area contributed by atoms with Crippen molar-refractivity contribution in [3.05, 3.63) is 52.7 Å². The van der Waals surface area contributed by atoms with Crippen LogP contribution in [0.3, 0.4) is 0 Å². The summed E-state index contributed by atoms with van der Waals surface area (Å²) in [4.78, 5) is 0.0656. The maximum atomic E-state index is 13.4. The van der Waals surface area contributed by atoms with E-state index in [4.69, 9.17) is 16.2 Å². The van der Waals surface area contributed by atoms with Crippen LogP contribution in [0.1, 0.15) is 18.2 Å². The Labute approximate surface area is 166 Å². The summed E-state index contributed by atoms with van der Waals surface area (Å²) < 4.78 is 35.3. The van der Waals surface area contributed by atoms with E-state index < -0.39 is 10.0 Å². The molecule has 1 aliphatic heterocycles. The second-order valence-corrected chi connectivity index (χ2v) is 9.10. The molecule has 28 heavy (non-hydrogen) atoms. The standard InChI is InChI=1S/C19H17ClN4O3S/c1-2-24-15-6-4-3-5-12(15)13-11-23(10-9-16(13)24)28(25,26)17-8-7-14(20)18-19(17)22-27-21-18/h3-8H,2,9-11H2,1H3. The van der Waals surface area contributed by atoms with Crippen molar-refractivity contribution in [2.24, 2.45) is 0 Å². The molecule has 2 aromatic carbocycles. The van der Waals surface area contributed by atoms with Crippen LogP contribution in [0.4, 0.5) is 0 Å². The Kier molecular flexibility index (Phi) is 3.97. The Hall–Kier alpha value is -2.42. The fourth-order valence-electron chi connectivity index (χ4n) is 4.10. The highest BCUT2D eigenvalue weighted by Crippen LogP contribution is 2.35. The molecular weight excluding hydrogens is 400 g/mol. The van der Waals surface area contributed by atoms with Crippen molar-refractivity contribution in [2.75, 3.05) is 6.54 Å². The van der Waals surface area contributed by atoms with E-state index in [9.17, 15) is 8.42 Å². The summed E-state index contributed by atoms with van der Waals surface area (Å²) >= 11 is 6.08. The Morgan fingerprint density at radius 2 is 1.93 bits per heavy atom. The molecule has 0 saturated heterocycles. The molecule has 3 heterocycles. The first kappa shape index (κ1) is 17.7. The van der Waals surface area contributed by atoms with Crippen LogP contribution in [0, 0.1) is 0 Å². The number of hydrogen-bond donors (Lipinski definition) is 0. The molecule has 0 radical (unpaired) electrons. The van der Waals surface area contributed by atoms with Gasteiger partial charge in [-0.1, -0.05) is 29.8 Å². The van der Waals surface area contributed by atoms with E-state index in [2.05, 4.69) is 33.9 Å². The summed E-state index contributed by atoms with van der Waals surface area (Å²) in [5.41, 5.74) is 3.83. The van der Waals surface area contributed by atoms with Crippen molar-refractivity contribution in [1.82, 2.24) is 19.2 Å². The lowest BCUT2D eigenvalue weighted by Crippen LogP contribution is -2.36. The van der Waals surface area contributed by atoms with Crippen molar-refractivity contribution < 1.29 is 13.0 Å². The topological polar surface area (TPSA) is 81.2 Å². The minimum Gasteiger partial charge on any atom is -0.344 e. The molecule has 1 aliphatic rings. The van der Waals surface area contributed by atoms with Gasteiger partial charge >= 0.3 is 0 Å².